The summed E-state index contributed by atoms with van der Waals surface area (Å²) in [5, 5.41) is 2.65. The second-order valence-electron chi connectivity index (χ2n) is 20.5. The van der Waals surface area contributed by atoms with E-state index in [1.165, 1.54) is 114 Å². The summed E-state index contributed by atoms with van der Waals surface area (Å²) in [5.41, 5.74) is 19.7. The molecule has 2 aliphatic heterocycles. The predicted molar refractivity (Wildman–Crippen MR) is 267 cm³/mol. The van der Waals surface area contributed by atoms with Crippen molar-refractivity contribution in [2.45, 2.75) is 99.3 Å². The van der Waals surface area contributed by atoms with Crippen LogP contribution in [0.25, 0.3) is 30.6 Å². The summed E-state index contributed by atoms with van der Waals surface area (Å²) in [7, 11) is 0. The van der Waals surface area contributed by atoms with Gasteiger partial charge in [0.25, 0.3) is 6.71 Å². The number of fused-ring (bicyclic) bond motifs is 7. The number of aryl methyl sites for hydroxylation is 3. The van der Waals surface area contributed by atoms with Crippen molar-refractivity contribution < 1.29 is 0 Å². The van der Waals surface area contributed by atoms with E-state index in [1.54, 1.807) is 0 Å². The van der Waals surface area contributed by atoms with Crippen LogP contribution in [0.15, 0.2) is 115 Å². The van der Waals surface area contributed by atoms with E-state index in [1.807, 2.05) is 22.7 Å². The van der Waals surface area contributed by atoms with Crippen LogP contribution in [0.5, 0.6) is 0 Å². The maximum atomic E-state index is 2.68. The number of hydrogen-bond acceptors (Lipinski definition) is 4. The summed E-state index contributed by atoms with van der Waals surface area (Å²) < 4.78 is 4.10. The first kappa shape index (κ1) is 39.1. The number of benzene rings is 6. The second-order valence-corrected chi connectivity index (χ2v) is 22.7. The molecule has 0 aliphatic carbocycles. The van der Waals surface area contributed by atoms with E-state index in [-0.39, 0.29) is 23.0 Å². The average molecular weight is 819 g/mol. The number of anilines is 6. The lowest BCUT2D eigenvalue weighted by molar-refractivity contribution is 0.590. The van der Waals surface area contributed by atoms with Crippen LogP contribution >= 0.6 is 22.7 Å². The fraction of sp³-hybridized carbons (Fsp3) is 0.273. The minimum Gasteiger partial charge on any atom is -0.311 e. The Morgan fingerprint density at radius 2 is 1.10 bits per heavy atom. The molecule has 0 bridgehead atoms. The monoisotopic (exact) mass is 818 g/mol. The predicted octanol–water partition coefficient (Wildman–Crippen LogP) is 14.7. The number of thiophene rings is 2. The van der Waals surface area contributed by atoms with Gasteiger partial charge in [-0.15, -0.1) is 22.7 Å². The van der Waals surface area contributed by atoms with E-state index >= 15 is 0 Å². The maximum Gasteiger partial charge on any atom is 0.264 e. The summed E-state index contributed by atoms with van der Waals surface area (Å²) in [6.07, 6.45) is 0. The third-order valence-electron chi connectivity index (χ3n) is 13.0. The van der Waals surface area contributed by atoms with Gasteiger partial charge in [-0.25, -0.2) is 0 Å². The first-order valence-corrected chi connectivity index (χ1v) is 23.2. The van der Waals surface area contributed by atoms with Gasteiger partial charge in [-0.3, -0.25) is 0 Å². The molecule has 0 unspecified atom stereocenters. The summed E-state index contributed by atoms with van der Waals surface area (Å²) >= 11 is 3.88. The van der Waals surface area contributed by atoms with Crippen LogP contribution in [0.1, 0.15) is 95.7 Å². The van der Waals surface area contributed by atoms with Crippen molar-refractivity contribution in [3.8, 4) is 10.4 Å². The molecule has 2 aromatic heterocycles. The Hall–Kier alpha value is -5.10. The van der Waals surface area contributed by atoms with Gasteiger partial charge >= 0.3 is 0 Å². The van der Waals surface area contributed by atoms with Gasteiger partial charge in [-0.2, -0.15) is 0 Å². The Morgan fingerprint density at radius 3 is 1.75 bits per heavy atom. The smallest absolute Gasteiger partial charge is 0.264 e. The molecule has 10 rings (SSSR count). The first-order valence-electron chi connectivity index (χ1n) is 21.5. The molecule has 0 atom stereocenters. The standard InChI is InChI=1S/C55H55BN2S2/c1-32-25-44-49-45(26-32)58(50-33(2)27-36(28-34(50)3)48-29-35-15-13-14-16-46(35)59-48)51-41-30-38(54(7,8)9)20-24-47(41)60-52(51)56(49)42-31-39(55(10,11)12)19-23-43(42)57(44)40-21-17-37(18-22-40)53(4,5)6/h13-31H,1-12H3. The van der Waals surface area contributed by atoms with Gasteiger partial charge < -0.3 is 9.80 Å². The minimum absolute atomic E-state index is 0.000285. The van der Waals surface area contributed by atoms with Gasteiger partial charge in [0, 0.05) is 47.2 Å². The van der Waals surface area contributed by atoms with Crippen molar-refractivity contribution in [2.75, 3.05) is 9.80 Å². The van der Waals surface area contributed by atoms with Crippen molar-refractivity contribution in [2.24, 2.45) is 0 Å². The summed E-state index contributed by atoms with van der Waals surface area (Å²) in [5.74, 6) is 0. The fourth-order valence-electron chi connectivity index (χ4n) is 9.75. The van der Waals surface area contributed by atoms with E-state index in [9.17, 15) is 0 Å². The molecule has 2 nitrogen and oxygen atoms in total. The quantitative estimate of drug-likeness (QED) is 0.164. The highest BCUT2D eigenvalue weighted by Crippen LogP contribution is 2.51. The van der Waals surface area contributed by atoms with E-state index in [0.29, 0.717) is 0 Å². The van der Waals surface area contributed by atoms with Crippen LogP contribution in [-0.2, 0) is 16.2 Å². The van der Waals surface area contributed by atoms with Crippen molar-refractivity contribution >= 4 is 99.4 Å². The molecule has 0 fully saturated rings. The summed E-state index contributed by atoms with van der Waals surface area (Å²) in [6.45, 7) is 28.0. The number of nitrogens with zero attached hydrogens (tertiary/aromatic N) is 2. The van der Waals surface area contributed by atoms with Gasteiger partial charge in [-0.05, 0) is 159 Å². The SMILES string of the molecule is Cc1cc2c3c(c1)N(c1c(C)cc(-c4cc5ccccc5s4)cc1C)c1c(sc4ccc(C(C)(C)C)cc14)B3c1cc(C(C)(C)C)ccc1N2c1ccc(C(C)(C)C)cc1. The summed E-state index contributed by atoms with van der Waals surface area (Å²) in [6, 6.07) is 44.9. The number of rotatable bonds is 3. The Kier molecular flexibility index (Phi) is 8.76. The van der Waals surface area contributed by atoms with Gasteiger partial charge in [0.15, 0.2) is 0 Å². The molecule has 0 saturated carbocycles. The van der Waals surface area contributed by atoms with Crippen LogP contribution in [0.3, 0.4) is 0 Å². The third kappa shape index (κ3) is 6.18. The van der Waals surface area contributed by atoms with Gasteiger partial charge in [0.05, 0.1) is 11.4 Å². The molecule has 0 saturated heterocycles. The molecule has 0 radical (unpaired) electrons. The molecule has 6 aromatic carbocycles. The van der Waals surface area contributed by atoms with E-state index < -0.39 is 0 Å². The first-order chi connectivity index (χ1) is 28.4. The van der Waals surface area contributed by atoms with Crippen molar-refractivity contribution in [1.29, 1.82) is 0 Å². The molecule has 0 spiro atoms. The second kappa shape index (κ2) is 13.5. The Labute approximate surface area is 365 Å². The molecule has 4 heterocycles. The largest absolute Gasteiger partial charge is 0.311 e. The zero-order chi connectivity index (χ0) is 42.2. The maximum absolute atomic E-state index is 2.68. The molecular formula is C55H55BN2S2. The van der Waals surface area contributed by atoms with E-state index in [2.05, 4.69) is 208 Å². The lowest BCUT2D eigenvalue weighted by Gasteiger charge is -2.44. The molecule has 60 heavy (non-hydrogen) atoms. The molecular weight excluding hydrogens is 764 g/mol. The van der Waals surface area contributed by atoms with Crippen LogP contribution in [0.4, 0.5) is 34.1 Å². The Bertz CT molecular complexity index is 2980. The number of hydrogen-bond donors (Lipinski definition) is 0. The highest BCUT2D eigenvalue weighted by molar-refractivity contribution is 7.33. The van der Waals surface area contributed by atoms with Crippen molar-refractivity contribution in [3.63, 3.8) is 0 Å². The lowest BCUT2D eigenvalue weighted by atomic mass is 9.36. The normalized spacial score (nSPS) is 13.9. The van der Waals surface area contributed by atoms with Crippen LogP contribution in [0, 0.1) is 20.8 Å². The van der Waals surface area contributed by atoms with Gasteiger partial charge in [0.1, 0.15) is 0 Å². The van der Waals surface area contributed by atoms with E-state index in [4.69, 9.17) is 0 Å². The lowest BCUT2D eigenvalue weighted by Crippen LogP contribution is -2.60. The molecule has 0 amide bonds. The van der Waals surface area contributed by atoms with E-state index in [0.717, 1.165) is 0 Å². The average Bonchev–Trinajstić information content (AvgIpc) is 3.79. The molecule has 8 aromatic rings. The highest BCUT2D eigenvalue weighted by Gasteiger charge is 2.46. The van der Waals surface area contributed by atoms with Gasteiger partial charge in [-0.1, -0.05) is 111 Å². The zero-order valence-electron chi connectivity index (χ0n) is 37.3. The zero-order valence-corrected chi connectivity index (χ0v) is 38.9. The van der Waals surface area contributed by atoms with Crippen molar-refractivity contribution in [3.05, 3.63) is 149 Å². The van der Waals surface area contributed by atoms with Crippen LogP contribution in [0.2, 0.25) is 0 Å². The van der Waals surface area contributed by atoms with Crippen LogP contribution < -0.4 is 25.5 Å². The topological polar surface area (TPSA) is 6.48 Å². The highest BCUT2D eigenvalue weighted by atomic mass is 32.1. The molecule has 2 aliphatic rings. The van der Waals surface area contributed by atoms with Gasteiger partial charge in [0.2, 0.25) is 0 Å². The minimum atomic E-state index is 0.000285. The Balaban J connectivity index is 1.29. The van der Waals surface area contributed by atoms with Crippen LogP contribution in [-0.4, -0.2) is 6.71 Å². The Morgan fingerprint density at radius 1 is 0.500 bits per heavy atom. The molecule has 5 heteroatoms. The van der Waals surface area contributed by atoms with Crippen molar-refractivity contribution in [1.82, 2.24) is 0 Å². The third-order valence-corrected chi connectivity index (χ3v) is 15.3. The molecule has 0 N–H and O–H groups in total. The molecule has 300 valence electrons. The summed E-state index contributed by atoms with van der Waals surface area (Å²) in [4.78, 5) is 6.56. The fourth-order valence-corrected chi connectivity index (χ4v) is 12.1.